The van der Waals surface area contributed by atoms with Gasteiger partial charge in [-0.05, 0) is 0 Å². The predicted molar refractivity (Wildman–Crippen MR) is 47.0 cm³/mol. The van der Waals surface area contributed by atoms with Crippen LogP contribution in [0.2, 0.25) is 5.02 Å². The number of hydrogen-bond acceptors (Lipinski definition) is 4. The molecule has 0 aliphatic rings. The van der Waals surface area contributed by atoms with Crippen LogP contribution >= 0.6 is 22.3 Å². The molecular weight excluding hydrogens is 235 g/mol. The quantitative estimate of drug-likeness (QED) is 0.694. The largest absolute Gasteiger partial charge is 0.264 e. The summed E-state index contributed by atoms with van der Waals surface area (Å²) < 4.78 is 21.7. The van der Waals surface area contributed by atoms with Crippen molar-refractivity contribution in [2.24, 2.45) is 0 Å². The van der Waals surface area contributed by atoms with E-state index in [1.54, 1.807) is 6.07 Å². The lowest BCUT2D eigenvalue weighted by Gasteiger charge is -1.99. The third-order valence-electron chi connectivity index (χ3n) is 1.23. The van der Waals surface area contributed by atoms with Crippen LogP contribution in [-0.4, -0.2) is 13.4 Å². The molecule has 1 heterocycles. The maximum atomic E-state index is 10.9. The van der Waals surface area contributed by atoms with Crippen molar-refractivity contribution in [3.63, 3.8) is 0 Å². The molecule has 0 unspecified atom stereocenters. The highest BCUT2D eigenvalue weighted by Gasteiger charge is 2.17. The van der Waals surface area contributed by atoms with Crippen LogP contribution in [0.25, 0.3) is 0 Å². The summed E-state index contributed by atoms with van der Waals surface area (Å²) in [4.78, 5) is 3.16. The number of rotatable bonds is 1. The van der Waals surface area contributed by atoms with Gasteiger partial charge in [-0.2, -0.15) is 5.26 Å². The van der Waals surface area contributed by atoms with E-state index in [-0.39, 0.29) is 15.5 Å². The number of aromatic nitrogens is 1. The summed E-state index contributed by atoms with van der Waals surface area (Å²) in [5.41, 5.74) is -0.0246. The standard InChI is InChI=1S/C6H2Cl2N2O2S/c7-6-4(1-9)2-10-3-5(6)13(8,11)12/h2-3H. The molecule has 0 atom stereocenters. The summed E-state index contributed by atoms with van der Waals surface area (Å²) >= 11 is 5.57. The molecule has 0 bridgehead atoms. The fraction of sp³-hybridized carbons (Fsp3) is 0. The Labute approximate surface area is 84.1 Å². The molecule has 0 aromatic carbocycles. The van der Waals surface area contributed by atoms with Gasteiger partial charge in [0.25, 0.3) is 9.05 Å². The van der Waals surface area contributed by atoms with Gasteiger partial charge in [-0.25, -0.2) is 8.42 Å². The second-order valence-corrected chi connectivity index (χ2v) is 4.96. The van der Waals surface area contributed by atoms with E-state index < -0.39 is 9.05 Å². The summed E-state index contributed by atoms with van der Waals surface area (Å²) in [6, 6.07) is 1.69. The van der Waals surface area contributed by atoms with Crippen molar-refractivity contribution in [2.75, 3.05) is 0 Å². The van der Waals surface area contributed by atoms with Crippen LogP contribution < -0.4 is 0 Å². The number of halogens is 2. The summed E-state index contributed by atoms with van der Waals surface area (Å²) in [5.74, 6) is 0. The molecule has 1 aromatic heterocycles. The van der Waals surface area contributed by atoms with Crippen LogP contribution in [0.1, 0.15) is 5.56 Å². The summed E-state index contributed by atoms with van der Waals surface area (Å²) in [6.07, 6.45) is 2.15. The van der Waals surface area contributed by atoms with Gasteiger partial charge in [-0.15, -0.1) is 0 Å². The topological polar surface area (TPSA) is 70.8 Å². The van der Waals surface area contributed by atoms with Crippen molar-refractivity contribution < 1.29 is 8.42 Å². The summed E-state index contributed by atoms with van der Waals surface area (Å²) in [6.45, 7) is 0. The molecule has 0 radical (unpaired) electrons. The Balaban J connectivity index is 3.53. The van der Waals surface area contributed by atoms with Gasteiger partial charge in [0.2, 0.25) is 0 Å². The molecule has 68 valence electrons. The maximum Gasteiger partial charge on any atom is 0.264 e. The minimum atomic E-state index is -3.94. The Morgan fingerprint density at radius 1 is 1.46 bits per heavy atom. The molecule has 0 saturated heterocycles. The van der Waals surface area contributed by atoms with Crippen molar-refractivity contribution in [3.8, 4) is 6.07 Å². The molecule has 0 saturated carbocycles. The smallest absolute Gasteiger partial charge is 0.262 e. The van der Waals surface area contributed by atoms with Crippen LogP contribution in [0, 0.1) is 11.3 Å². The second kappa shape index (κ2) is 3.50. The molecule has 13 heavy (non-hydrogen) atoms. The van der Waals surface area contributed by atoms with Crippen molar-refractivity contribution in [1.29, 1.82) is 5.26 Å². The Hall–Kier alpha value is -0.830. The molecule has 0 spiro atoms. The summed E-state index contributed by atoms with van der Waals surface area (Å²) in [7, 11) is 1.09. The molecule has 0 fully saturated rings. The third-order valence-corrected chi connectivity index (χ3v) is 3.08. The lowest BCUT2D eigenvalue weighted by atomic mass is 10.3. The van der Waals surface area contributed by atoms with Crippen LogP contribution in [0.5, 0.6) is 0 Å². The first-order chi connectivity index (χ1) is 5.96. The van der Waals surface area contributed by atoms with Crippen LogP contribution in [0.15, 0.2) is 17.3 Å². The minimum absolute atomic E-state index is 0.0246. The second-order valence-electron chi connectivity index (χ2n) is 2.05. The van der Waals surface area contributed by atoms with Gasteiger partial charge in [-0.1, -0.05) is 11.6 Å². The van der Waals surface area contributed by atoms with Crippen molar-refractivity contribution >= 4 is 31.3 Å². The van der Waals surface area contributed by atoms with Crippen LogP contribution in [0.3, 0.4) is 0 Å². The zero-order valence-electron chi connectivity index (χ0n) is 6.03. The molecule has 4 nitrogen and oxygen atoms in total. The van der Waals surface area contributed by atoms with E-state index in [0.29, 0.717) is 0 Å². The third kappa shape index (κ3) is 2.10. The zero-order valence-corrected chi connectivity index (χ0v) is 8.36. The monoisotopic (exact) mass is 236 g/mol. The van der Waals surface area contributed by atoms with E-state index in [9.17, 15) is 8.42 Å². The molecule has 0 N–H and O–H groups in total. The first-order valence-electron chi connectivity index (χ1n) is 2.95. The van der Waals surface area contributed by atoms with E-state index in [2.05, 4.69) is 4.98 Å². The van der Waals surface area contributed by atoms with E-state index in [1.165, 1.54) is 0 Å². The van der Waals surface area contributed by atoms with Gasteiger partial charge in [0.15, 0.2) is 0 Å². The van der Waals surface area contributed by atoms with E-state index in [0.717, 1.165) is 12.4 Å². The number of pyridine rings is 1. The number of nitriles is 1. The first kappa shape index (κ1) is 10.3. The lowest BCUT2D eigenvalue weighted by Crippen LogP contribution is -1.95. The SMILES string of the molecule is N#Cc1cncc(S(=O)(=O)Cl)c1Cl. The fourth-order valence-corrected chi connectivity index (χ4v) is 2.10. The van der Waals surface area contributed by atoms with Crippen LogP contribution in [-0.2, 0) is 9.05 Å². The Kier molecular flexibility index (Phi) is 2.76. The zero-order chi connectivity index (χ0) is 10.1. The van der Waals surface area contributed by atoms with E-state index in [1.807, 2.05) is 0 Å². The molecular formula is C6H2Cl2N2O2S. The molecule has 7 heteroatoms. The highest BCUT2D eigenvalue weighted by Crippen LogP contribution is 2.25. The Morgan fingerprint density at radius 2 is 2.08 bits per heavy atom. The molecule has 0 aliphatic heterocycles. The van der Waals surface area contributed by atoms with Crippen LogP contribution in [0.4, 0.5) is 0 Å². The van der Waals surface area contributed by atoms with Crippen molar-refractivity contribution in [3.05, 3.63) is 23.0 Å². The average molecular weight is 237 g/mol. The molecule has 0 aliphatic carbocycles. The first-order valence-corrected chi connectivity index (χ1v) is 5.64. The minimum Gasteiger partial charge on any atom is -0.262 e. The van der Waals surface area contributed by atoms with E-state index >= 15 is 0 Å². The van der Waals surface area contributed by atoms with Crippen molar-refractivity contribution in [2.45, 2.75) is 4.90 Å². The number of hydrogen-bond donors (Lipinski definition) is 0. The summed E-state index contributed by atoms with van der Waals surface area (Å²) in [5, 5.41) is 8.29. The van der Waals surface area contributed by atoms with Gasteiger partial charge in [0.1, 0.15) is 11.0 Å². The lowest BCUT2D eigenvalue weighted by molar-refractivity contribution is 0.609. The van der Waals surface area contributed by atoms with E-state index in [4.69, 9.17) is 27.5 Å². The highest BCUT2D eigenvalue weighted by atomic mass is 35.7. The van der Waals surface area contributed by atoms with Gasteiger partial charge < -0.3 is 0 Å². The number of nitrogens with zero attached hydrogens (tertiary/aromatic N) is 2. The Bertz CT molecular complexity index is 478. The fourth-order valence-electron chi connectivity index (χ4n) is 0.674. The van der Waals surface area contributed by atoms with Gasteiger partial charge in [0, 0.05) is 23.1 Å². The van der Waals surface area contributed by atoms with Gasteiger partial charge in [0.05, 0.1) is 10.6 Å². The molecule has 1 aromatic rings. The molecule has 1 rings (SSSR count). The normalized spacial score (nSPS) is 10.8. The van der Waals surface area contributed by atoms with Gasteiger partial charge >= 0.3 is 0 Å². The maximum absolute atomic E-state index is 10.9. The molecule has 0 amide bonds. The highest BCUT2D eigenvalue weighted by molar-refractivity contribution is 8.13. The predicted octanol–water partition coefficient (Wildman–Crippen LogP) is 1.53. The van der Waals surface area contributed by atoms with Gasteiger partial charge in [-0.3, -0.25) is 4.98 Å². The van der Waals surface area contributed by atoms with Crippen molar-refractivity contribution in [1.82, 2.24) is 4.98 Å². The Morgan fingerprint density at radius 3 is 2.54 bits per heavy atom. The average Bonchev–Trinajstić information content (AvgIpc) is 2.02.